The number of carbonyl (C=O) groups excluding carboxylic acids is 2. The smallest absolute Gasteiger partial charge is 0.320 e. The molecular weight excluding hydrogens is 268 g/mol. The molecule has 0 heterocycles. The standard InChI is InChI=1S/C17H30O4/c1-5-6-11-20-15(18)14(12-13-9-7-8-10-13)16(19)21-17(2,3)4/h13-14H,5-12H2,1-4H3. The first-order valence-corrected chi connectivity index (χ1v) is 8.23. The number of esters is 2. The second-order valence-corrected chi connectivity index (χ2v) is 6.99. The molecule has 1 atom stereocenters. The molecule has 122 valence electrons. The van der Waals surface area contributed by atoms with E-state index >= 15 is 0 Å². The summed E-state index contributed by atoms with van der Waals surface area (Å²) in [6.07, 6.45) is 6.94. The van der Waals surface area contributed by atoms with Gasteiger partial charge < -0.3 is 9.47 Å². The average Bonchev–Trinajstić information content (AvgIpc) is 2.86. The Hall–Kier alpha value is -1.06. The van der Waals surface area contributed by atoms with E-state index in [0.29, 0.717) is 18.9 Å². The maximum absolute atomic E-state index is 12.3. The normalized spacial score (nSPS) is 17.5. The van der Waals surface area contributed by atoms with Crippen LogP contribution in [-0.2, 0) is 19.1 Å². The molecule has 1 fully saturated rings. The van der Waals surface area contributed by atoms with E-state index in [2.05, 4.69) is 0 Å². The van der Waals surface area contributed by atoms with Crippen LogP contribution in [0.25, 0.3) is 0 Å². The van der Waals surface area contributed by atoms with Crippen LogP contribution < -0.4 is 0 Å². The van der Waals surface area contributed by atoms with Crippen LogP contribution in [-0.4, -0.2) is 24.1 Å². The molecule has 0 aromatic heterocycles. The van der Waals surface area contributed by atoms with Crippen molar-refractivity contribution in [3.8, 4) is 0 Å². The minimum atomic E-state index is -0.760. The number of ether oxygens (including phenoxy) is 2. The fourth-order valence-electron chi connectivity index (χ4n) is 2.66. The van der Waals surface area contributed by atoms with Crippen molar-refractivity contribution in [3.05, 3.63) is 0 Å². The van der Waals surface area contributed by atoms with Crippen LogP contribution in [0.1, 0.15) is 72.6 Å². The van der Waals surface area contributed by atoms with E-state index in [1.54, 1.807) is 0 Å². The van der Waals surface area contributed by atoms with Gasteiger partial charge in [-0.2, -0.15) is 0 Å². The molecule has 4 nitrogen and oxygen atoms in total. The molecule has 1 unspecified atom stereocenters. The monoisotopic (exact) mass is 298 g/mol. The van der Waals surface area contributed by atoms with Crippen LogP contribution in [0.5, 0.6) is 0 Å². The number of carbonyl (C=O) groups is 2. The van der Waals surface area contributed by atoms with Crippen LogP contribution in [0, 0.1) is 11.8 Å². The molecule has 1 aliphatic rings. The number of hydrogen-bond acceptors (Lipinski definition) is 4. The van der Waals surface area contributed by atoms with Crippen LogP contribution >= 0.6 is 0 Å². The fourth-order valence-corrected chi connectivity index (χ4v) is 2.66. The van der Waals surface area contributed by atoms with Gasteiger partial charge >= 0.3 is 11.9 Å². The Morgan fingerprint density at radius 1 is 1.14 bits per heavy atom. The molecule has 0 bridgehead atoms. The molecule has 0 saturated heterocycles. The summed E-state index contributed by atoms with van der Waals surface area (Å²) in [7, 11) is 0. The van der Waals surface area contributed by atoms with Gasteiger partial charge in [0, 0.05) is 0 Å². The SMILES string of the molecule is CCCCOC(=O)C(CC1CCCC1)C(=O)OC(C)(C)C. The topological polar surface area (TPSA) is 52.6 Å². The molecule has 21 heavy (non-hydrogen) atoms. The van der Waals surface area contributed by atoms with Crippen molar-refractivity contribution in [2.24, 2.45) is 11.8 Å². The minimum Gasteiger partial charge on any atom is -0.465 e. The van der Waals surface area contributed by atoms with Crippen molar-refractivity contribution in [3.63, 3.8) is 0 Å². The van der Waals surface area contributed by atoms with E-state index in [4.69, 9.17) is 9.47 Å². The van der Waals surface area contributed by atoms with Gasteiger partial charge in [-0.3, -0.25) is 9.59 Å². The summed E-state index contributed by atoms with van der Waals surface area (Å²) < 4.78 is 10.6. The molecule has 0 radical (unpaired) electrons. The summed E-state index contributed by atoms with van der Waals surface area (Å²) in [5.41, 5.74) is -0.575. The summed E-state index contributed by atoms with van der Waals surface area (Å²) in [6.45, 7) is 7.89. The van der Waals surface area contributed by atoms with E-state index in [1.165, 1.54) is 12.8 Å². The third kappa shape index (κ3) is 6.96. The zero-order valence-electron chi connectivity index (χ0n) is 13.9. The second-order valence-electron chi connectivity index (χ2n) is 6.99. The molecule has 0 aromatic carbocycles. The first kappa shape index (κ1) is 18.0. The molecule has 1 rings (SSSR count). The summed E-state index contributed by atoms with van der Waals surface area (Å²) in [5.74, 6) is -1.16. The summed E-state index contributed by atoms with van der Waals surface area (Å²) >= 11 is 0. The third-order valence-corrected chi connectivity index (χ3v) is 3.76. The maximum Gasteiger partial charge on any atom is 0.320 e. The van der Waals surface area contributed by atoms with Crippen LogP contribution in [0.15, 0.2) is 0 Å². The molecule has 0 aliphatic heterocycles. The van der Waals surface area contributed by atoms with Gasteiger partial charge in [-0.15, -0.1) is 0 Å². The predicted octanol–water partition coefficient (Wildman–Crippen LogP) is 3.87. The van der Waals surface area contributed by atoms with Crippen molar-refractivity contribution in [2.75, 3.05) is 6.61 Å². The molecule has 0 N–H and O–H groups in total. The summed E-state index contributed by atoms with van der Waals surface area (Å²) in [6, 6.07) is 0. The fraction of sp³-hybridized carbons (Fsp3) is 0.882. The van der Waals surface area contributed by atoms with Gasteiger partial charge in [0.15, 0.2) is 5.92 Å². The zero-order valence-corrected chi connectivity index (χ0v) is 13.9. The van der Waals surface area contributed by atoms with E-state index in [-0.39, 0.29) is 0 Å². The van der Waals surface area contributed by atoms with Gasteiger partial charge in [0.2, 0.25) is 0 Å². The van der Waals surface area contributed by atoms with Crippen molar-refractivity contribution >= 4 is 11.9 Å². The van der Waals surface area contributed by atoms with E-state index in [9.17, 15) is 9.59 Å². The lowest BCUT2D eigenvalue weighted by Gasteiger charge is -2.24. The van der Waals surface area contributed by atoms with Crippen molar-refractivity contribution < 1.29 is 19.1 Å². The highest BCUT2D eigenvalue weighted by molar-refractivity contribution is 5.95. The van der Waals surface area contributed by atoms with E-state index < -0.39 is 23.5 Å². The summed E-state index contributed by atoms with van der Waals surface area (Å²) in [5, 5.41) is 0. The molecule has 1 aliphatic carbocycles. The van der Waals surface area contributed by atoms with Gasteiger partial charge in [0.1, 0.15) is 5.60 Å². The summed E-state index contributed by atoms with van der Waals surface area (Å²) in [4.78, 5) is 24.5. The highest BCUT2D eigenvalue weighted by Gasteiger charge is 2.35. The molecule has 0 spiro atoms. The van der Waals surface area contributed by atoms with Crippen LogP contribution in [0.4, 0.5) is 0 Å². The predicted molar refractivity (Wildman–Crippen MR) is 81.8 cm³/mol. The van der Waals surface area contributed by atoms with Gasteiger partial charge in [-0.05, 0) is 39.5 Å². The van der Waals surface area contributed by atoms with Gasteiger partial charge in [0.05, 0.1) is 6.61 Å². The lowest BCUT2D eigenvalue weighted by atomic mass is 9.93. The Kier molecular flexibility index (Phi) is 7.20. The largest absolute Gasteiger partial charge is 0.465 e. The Morgan fingerprint density at radius 3 is 2.29 bits per heavy atom. The Morgan fingerprint density at radius 2 is 1.76 bits per heavy atom. The number of rotatable bonds is 7. The molecule has 1 saturated carbocycles. The zero-order chi connectivity index (χ0) is 15.9. The number of unbranched alkanes of at least 4 members (excludes halogenated alkanes) is 1. The first-order valence-electron chi connectivity index (χ1n) is 8.23. The Labute approximate surface area is 128 Å². The van der Waals surface area contributed by atoms with Gasteiger partial charge in [-0.1, -0.05) is 39.0 Å². The van der Waals surface area contributed by atoms with Crippen molar-refractivity contribution in [1.82, 2.24) is 0 Å². The van der Waals surface area contributed by atoms with E-state index in [0.717, 1.165) is 25.7 Å². The second kappa shape index (κ2) is 8.40. The molecule has 0 amide bonds. The van der Waals surface area contributed by atoms with Gasteiger partial charge in [0.25, 0.3) is 0 Å². The lowest BCUT2D eigenvalue weighted by molar-refractivity contribution is -0.170. The number of hydrogen-bond donors (Lipinski definition) is 0. The van der Waals surface area contributed by atoms with Crippen LogP contribution in [0.3, 0.4) is 0 Å². The molecular formula is C17H30O4. The quantitative estimate of drug-likeness (QED) is 0.407. The third-order valence-electron chi connectivity index (χ3n) is 3.76. The van der Waals surface area contributed by atoms with E-state index in [1.807, 2.05) is 27.7 Å². The first-order chi connectivity index (χ1) is 9.83. The maximum atomic E-state index is 12.3. The van der Waals surface area contributed by atoms with Gasteiger partial charge in [-0.25, -0.2) is 0 Å². The van der Waals surface area contributed by atoms with Crippen LogP contribution in [0.2, 0.25) is 0 Å². The highest BCUT2D eigenvalue weighted by Crippen LogP contribution is 2.31. The molecule has 0 aromatic rings. The highest BCUT2D eigenvalue weighted by atomic mass is 16.6. The molecule has 4 heteroatoms. The van der Waals surface area contributed by atoms with Crippen molar-refractivity contribution in [2.45, 2.75) is 78.2 Å². The lowest BCUT2D eigenvalue weighted by Crippen LogP contribution is -2.35. The van der Waals surface area contributed by atoms with Crippen molar-refractivity contribution in [1.29, 1.82) is 0 Å². The average molecular weight is 298 g/mol. The Bertz CT molecular complexity index is 337. The minimum absolute atomic E-state index is 0.388. The Balaban J connectivity index is 2.63.